The molecule has 4 heteroatoms. The minimum absolute atomic E-state index is 0.901. The molecule has 0 saturated heterocycles. The Balaban J connectivity index is 2.01. The van der Waals surface area contributed by atoms with Crippen LogP contribution in [0.4, 0.5) is 0 Å². The number of aryl methyl sites for hydroxylation is 2. The Labute approximate surface area is 102 Å². The Morgan fingerprint density at radius 1 is 1.29 bits per heavy atom. The zero-order chi connectivity index (χ0) is 12.3. The highest BCUT2D eigenvalue weighted by atomic mass is 15.1. The van der Waals surface area contributed by atoms with Crippen LogP contribution in [0.5, 0.6) is 0 Å². The molecule has 2 heterocycles. The first-order valence-electron chi connectivity index (χ1n) is 5.74. The molecule has 0 bridgehead atoms. The highest BCUT2D eigenvalue weighted by Gasteiger charge is 2.09. The third-order valence-electron chi connectivity index (χ3n) is 2.88. The van der Waals surface area contributed by atoms with E-state index in [1.165, 1.54) is 11.1 Å². The fraction of sp³-hybridized carbons (Fsp3) is 0.385. The number of rotatable bonds is 4. The zero-order valence-corrected chi connectivity index (χ0v) is 10.6. The number of nitrogens with zero attached hydrogens (tertiary/aromatic N) is 3. The second-order valence-electron chi connectivity index (χ2n) is 4.45. The van der Waals surface area contributed by atoms with Crippen LogP contribution in [0.2, 0.25) is 0 Å². The maximum absolute atomic E-state index is 4.21. The van der Waals surface area contributed by atoms with Crippen molar-refractivity contribution in [1.82, 2.24) is 20.1 Å². The summed E-state index contributed by atoms with van der Waals surface area (Å²) in [5.41, 5.74) is 4.76. The van der Waals surface area contributed by atoms with E-state index in [9.17, 15) is 0 Å². The first-order valence-corrected chi connectivity index (χ1v) is 5.74. The molecule has 0 aliphatic rings. The fourth-order valence-electron chi connectivity index (χ4n) is 1.94. The average molecular weight is 230 g/mol. The highest BCUT2D eigenvalue weighted by molar-refractivity contribution is 5.23. The van der Waals surface area contributed by atoms with E-state index in [2.05, 4.69) is 40.1 Å². The summed E-state index contributed by atoms with van der Waals surface area (Å²) in [5, 5.41) is 7.23. The number of H-pyrrole nitrogens is 1. The van der Waals surface area contributed by atoms with Crippen molar-refractivity contribution in [1.29, 1.82) is 0 Å². The smallest absolute Gasteiger partial charge is 0.0639 e. The van der Waals surface area contributed by atoms with E-state index in [4.69, 9.17) is 0 Å². The van der Waals surface area contributed by atoms with Crippen LogP contribution in [-0.4, -0.2) is 27.1 Å². The molecule has 2 rings (SSSR count). The molecule has 90 valence electrons. The van der Waals surface area contributed by atoms with E-state index in [1.807, 2.05) is 19.2 Å². The summed E-state index contributed by atoms with van der Waals surface area (Å²) in [6.45, 7) is 5.91. The number of nitrogens with one attached hydrogen (secondary N) is 1. The number of hydrogen-bond acceptors (Lipinski definition) is 3. The van der Waals surface area contributed by atoms with E-state index in [0.29, 0.717) is 0 Å². The van der Waals surface area contributed by atoms with Crippen molar-refractivity contribution in [3.05, 3.63) is 47.0 Å². The minimum Gasteiger partial charge on any atom is -0.298 e. The summed E-state index contributed by atoms with van der Waals surface area (Å²) in [4.78, 5) is 6.39. The van der Waals surface area contributed by atoms with Crippen LogP contribution in [0.15, 0.2) is 24.5 Å². The van der Waals surface area contributed by atoms with Gasteiger partial charge in [-0.15, -0.1) is 0 Å². The monoisotopic (exact) mass is 230 g/mol. The van der Waals surface area contributed by atoms with Gasteiger partial charge < -0.3 is 0 Å². The van der Waals surface area contributed by atoms with Crippen LogP contribution in [0.3, 0.4) is 0 Å². The lowest BCUT2D eigenvalue weighted by Gasteiger charge is -2.16. The highest BCUT2D eigenvalue weighted by Crippen LogP contribution is 2.13. The summed E-state index contributed by atoms with van der Waals surface area (Å²) in [6, 6.07) is 4.07. The largest absolute Gasteiger partial charge is 0.298 e. The van der Waals surface area contributed by atoms with Crippen molar-refractivity contribution in [3.63, 3.8) is 0 Å². The lowest BCUT2D eigenvalue weighted by molar-refractivity contribution is 0.317. The molecule has 0 aliphatic heterocycles. The van der Waals surface area contributed by atoms with Gasteiger partial charge in [0.2, 0.25) is 0 Å². The van der Waals surface area contributed by atoms with Crippen LogP contribution in [0, 0.1) is 13.8 Å². The molecule has 0 fully saturated rings. The lowest BCUT2D eigenvalue weighted by Crippen LogP contribution is -2.18. The van der Waals surface area contributed by atoms with Crippen molar-refractivity contribution in [3.8, 4) is 0 Å². The summed E-state index contributed by atoms with van der Waals surface area (Å²) in [7, 11) is 2.11. The van der Waals surface area contributed by atoms with Gasteiger partial charge in [-0.1, -0.05) is 6.07 Å². The van der Waals surface area contributed by atoms with Crippen LogP contribution in [0.1, 0.15) is 22.5 Å². The lowest BCUT2D eigenvalue weighted by atomic mass is 10.2. The summed E-state index contributed by atoms with van der Waals surface area (Å²) in [6.07, 6.45) is 3.71. The molecule has 4 nitrogen and oxygen atoms in total. The molecule has 0 radical (unpaired) electrons. The molecule has 2 aromatic rings. The molecule has 0 saturated carbocycles. The molecule has 0 unspecified atom stereocenters. The van der Waals surface area contributed by atoms with Crippen molar-refractivity contribution in [2.45, 2.75) is 26.9 Å². The molecular weight excluding hydrogens is 212 g/mol. The average Bonchev–Trinajstić information content (AvgIpc) is 2.62. The van der Waals surface area contributed by atoms with Gasteiger partial charge in [0.05, 0.1) is 5.69 Å². The van der Waals surface area contributed by atoms with Crippen LogP contribution >= 0.6 is 0 Å². The molecule has 0 atom stereocenters. The zero-order valence-electron chi connectivity index (χ0n) is 10.6. The van der Waals surface area contributed by atoms with Gasteiger partial charge in [0.1, 0.15) is 0 Å². The van der Waals surface area contributed by atoms with Gasteiger partial charge in [0.25, 0.3) is 0 Å². The van der Waals surface area contributed by atoms with Gasteiger partial charge in [0.15, 0.2) is 0 Å². The van der Waals surface area contributed by atoms with E-state index in [0.717, 1.165) is 24.5 Å². The normalized spacial score (nSPS) is 11.1. The van der Waals surface area contributed by atoms with E-state index in [-0.39, 0.29) is 0 Å². The van der Waals surface area contributed by atoms with Gasteiger partial charge in [-0.25, -0.2) is 0 Å². The number of pyridine rings is 1. The van der Waals surface area contributed by atoms with Gasteiger partial charge in [0, 0.05) is 36.7 Å². The number of aromatic amines is 1. The fourth-order valence-corrected chi connectivity index (χ4v) is 1.94. The third kappa shape index (κ3) is 2.91. The SMILES string of the molecule is Cc1n[nH]c(C)c1CN(C)Cc1cccnc1. The van der Waals surface area contributed by atoms with E-state index < -0.39 is 0 Å². The van der Waals surface area contributed by atoms with Gasteiger partial charge in [-0.3, -0.25) is 15.0 Å². The molecule has 17 heavy (non-hydrogen) atoms. The van der Waals surface area contributed by atoms with Crippen molar-refractivity contribution in [2.24, 2.45) is 0 Å². The first kappa shape index (κ1) is 11.8. The number of hydrogen-bond donors (Lipinski definition) is 1. The Bertz CT molecular complexity index is 456. The quantitative estimate of drug-likeness (QED) is 0.874. The molecule has 2 aromatic heterocycles. The summed E-state index contributed by atoms with van der Waals surface area (Å²) >= 11 is 0. The molecular formula is C13H18N4. The minimum atomic E-state index is 0.901. The Kier molecular flexibility index (Phi) is 3.54. The summed E-state index contributed by atoms with van der Waals surface area (Å²) in [5.74, 6) is 0. The van der Waals surface area contributed by atoms with Gasteiger partial charge in [-0.2, -0.15) is 5.10 Å². The standard InChI is InChI=1S/C13H18N4/c1-10-13(11(2)16-15-10)9-17(3)8-12-5-4-6-14-7-12/h4-7H,8-9H2,1-3H3,(H,15,16). The second kappa shape index (κ2) is 5.10. The predicted molar refractivity (Wildman–Crippen MR) is 67.5 cm³/mol. The van der Waals surface area contributed by atoms with Crippen LogP contribution in [-0.2, 0) is 13.1 Å². The maximum atomic E-state index is 4.21. The van der Waals surface area contributed by atoms with Crippen molar-refractivity contribution in [2.75, 3.05) is 7.05 Å². The van der Waals surface area contributed by atoms with Crippen LogP contribution < -0.4 is 0 Å². The maximum Gasteiger partial charge on any atom is 0.0639 e. The molecule has 0 aromatic carbocycles. The van der Waals surface area contributed by atoms with Crippen LogP contribution in [0.25, 0.3) is 0 Å². The van der Waals surface area contributed by atoms with E-state index >= 15 is 0 Å². The molecule has 0 aliphatic carbocycles. The predicted octanol–water partition coefficient (Wildman–Crippen LogP) is 2.05. The third-order valence-corrected chi connectivity index (χ3v) is 2.88. The Morgan fingerprint density at radius 3 is 2.71 bits per heavy atom. The summed E-state index contributed by atoms with van der Waals surface area (Å²) < 4.78 is 0. The molecule has 1 N–H and O–H groups in total. The number of aromatic nitrogens is 3. The van der Waals surface area contributed by atoms with Gasteiger partial charge >= 0.3 is 0 Å². The first-order chi connectivity index (χ1) is 8.16. The second-order valence-corrected chi connectivity index (χ2v) is 4.45. The molecule has 0 spiro atoms. The Morgan fingerprint density at radius 2 is 2.12 bits per heavy atom. The Hall–Kier alpha value is -1.68. The van der Waals surface area contributed by atoms with E-state index in [1.54, 1.807) is 6.20 Å². The van der Waals surface area contributed by atoms with Crippen molar-refractivity contribution >= 4 is 0 Å². The van der Waals surface area contributed by atoms with Gasteiger partial charge in [-0.05, 0) is 32.5 Å². The topological polar surface area (TPSA) is 44.8 Å². The molecule has 0 amide bonds. The van der Waals surface area contributed by atoms with Crippen molar-refractivity contribution < 1.29 is 0 Å².